The van der Waals surface area contributed by atoms with Crippen molar-refractivity contribution in [1.29, 1.82) is 0 Å². The molecule has 3 rings (SSSR count). The Kier molecular flexibility index (Phi) is 6.03. The maximum absolute atomic E-state index is 12.7. The number of fused-ring (bicyclic) bond motifs is 1. The van der Waals surface area contributed by atoms with Crippen molar-refractivity contribution in [3.63, 3.8) is 0 Å². The predicted octanol–water partition coefficient (Wildman–Crippen LogP) is 2.97. The van der Waals surface area contributed by atoms with E-state index in [1.165, 1.54) is 0 Å². The average Bonchev–Trinajstić information content (AvgIpc) is 3.15. The van der Waals surface area contributed by atoms with Crippen LogP contribution in [0.4, 0.5) is 0 Å². The molecule has 1 atom stereocenters. The SMILES string of the molecule is CCOc1ccc(C(=O)NC(C(=O)O)c2ccc3c(c2)CCO3)cc1OCC. The molecule has 0 aromatic heterocycles. The molecule has 2 aromatic carbocycles. The van der Waals surface area contributed by atoms with Gasteiger partial charge in [0.1, 0.15) is 5.75 Å². The molecule has 0 saturated carbocycles. The van der Waals surface area contributed by atoms with Gasteiger partial charge in [0.25, 0.3) is 5.91 Å². The number of rotatable bonds is 8. The lowest BCUT2D eigenvalue weighted by atomic mass is 10.0. The Balaban J connectivity index is 1.83. The molecule has 0 fully saturated rings. The minimum atomic E-state index is -1.17. The Morgan fingerprint density at radius 1 is 1.11 bits per heavy atom. The Labute approximate surface area is 163 Å². The van der Waals surface area contributed by atoms with Crippen molar-refractivity contribution in [2.45, 2.75) is 26.3 Å². The van der Waals surface area contributed by atoms with E-state index in [-0.39, 0.29) is 0 Å². The van der Waals surface area contributed by atoms with Crippen LogP contribution in [-0.4, -0.2) is 36.8 Å². The van der Waals surface area contributed by atoms with E-state index in [4.69, 9.17) is 14.2 Å². The van der Waals surface area contributed by atoms with E-state index < -0.39 is 17.9 Å². The molecule has 28 heavy (non-hydrogen) atoms. The van der Waals surface area contributed by atoms with E-state index in [1.807, 2.05) is 13.8 Å². The maximum Gasteiger partial charge on any atom is 0.330 e. The topological polar surface area (TPSA) is 94.1 Å². The summed E-state index contributed by atoms with van der Waals surface area (Å²) >= 11 is 0. The van der Waals surface area contributed by atoms with Gasteiger partial charge in [-0.1, -0.05) is 6.07 Å². The van der Waals surface area contributed by atoms with E-state index in [0.29, 0.717) is 42.4 Å². The van der Waals surface area contributed by atoms with E-state index in [9.17, 15) is 14.7 Å². The van der Waals surface area contributed by atoms with Gasteiger partial charge in [-0.05, 0) is 55.3 Å². The lowest BCUT2D eigenvalue weighted by Crippen LogP contribution is -2.33. The summed E-state index contributed by atoms with van der Waals surface area (Å²) in [6.45, 7) is 5.15. The third-order valence-electron chi connectivity index (χ3n) is 4.37. The highest BCUT2D eigenvalue weighted by atomic mass is 16.5. The number of hydrogen-bond acceptors (Lipinski definition) is 5. The van der Waals surface area contributed by atoms with Gasteiger partial charge < -0.3 is 24.6 Å². The van der Waals surface area contributed by atoms with Crippen molar-refractivity contribution in [1.82, 2.24) is 5.32 Å². The number of carbonyl (C=O) groups is 2. The molecule has 1 unspecified atom stereocenters. The van der Waals surface area contributed by atoms with Gasteiger partial charge in [0, 0.05) is 12.0 Å². The quantitative estimate of drug-likeness (QED) is 0.726. The van der Waals surface area contributed by atoms with Gasteiger partial charge in [0.05, 0.1) is 19.8 Å². The zero-order valence-corrected chi connectivity index (χ0v) is 15.9. The number of benzene rings is 2. The number of carboxylic acids is 1. The van der Waals surface area contributed by atoms with Crippen LogP contribution in [0.1, 0.15) is 41.4 Å². The fourth-order valence-corrected chi connectivity index (χ4v) is 3.08. The average molecular weight is 385 g/mol. The van der Waals surface area contributed by atoms with E-state index in [0.717, 1.165) is 17.7 Å². The monoisotopic (exact) mass is 385 g/mol. The van der Waals surface area contributed by atoms with Crippen LogP contribution in [0, 0.1) is 0 Å². The molecule has 1 aliphatic heterocycles. The van der Waals surface area contributed by atoms with Gasteiger partial charge in [-0.3, -0.25) is 4.79 Å². The first-order chi connectivity index (χ1) is 13.5. The third kappa shape index (κ3) is 4.19. The van der Waals surface area contributed by atoms with Crippen LogP contribution in [0.15, 0.2) is 36.4 Å². The molecular weight excluding hydrogens is 362 g/mol. The van der Waals surface area contributed by atoms with E-state index in [2.05, 4.69) is 5.32 Å². The molecule has 0 spiro atoms. The summed E-state index contributed by atoms with van der Waals surface area (Å²) in [5, 5.41) is 12.2. The highest BCUT2D eigenvalue weighted by molar-refractivity contribution is 5.97. The van der Waals surface area contributed by atoms with Crippen molar-refractivity contribution < 1.29 is 28.9 Å². The van der Waals surface area contributed by atoms with Crippen molar-refractivity contribution >= 4 is 11.9 Å². The summed E-state index contributed by atoms with van der Waals surface area (Å²) in [7, 11) is 0. The minimum absolute atomic E-state index is 0.294. The van der Waals surface area contributed by atoms with Crippen LogP contribution >= 0.6 is 0 Å². The lowest BCUT2D eigenvalue weighted by molar-refractivity contribution is -0.139. The van der Waals surface area contributed by atoms with Crippen LogP contribution in [0.25, 0.3) is 0 Å². The first kappa shape index (κ1) is 19.5. The van der Waals surface area contributed by atoms with Crippen LogP contribution in [0.5, 0.6) is 17.2 Å². The predicted molar refractivity (Wildman–Crippen MR) is 102 cm³/mol. The second-order valence-corrected chi connectivity index (χ2v) is 6.24. The summed E-state index contributed by atoms with van der Waals surface area (Å²) in [6, 6.07) is 8.78. The van der Waals surface area contributed by atoms with E-state index in [1.54, 1.807) is 36.4 Å². The molecular formula is C21H23NO6. The number of aliphatic carboxylic acids is 1. The van der Waals surface area contributed by atoms with Crippen LogP contribution < -0.4 is 19.5 Å². The maximum atomic E-state index is 12.7. The number of carbonyl (C=O) groups excluding carboxylic acids is 1. The molecule has 2 aromatic rings. The summed E-state index contributed by atoms with van der Waals surface area (Å²) < 4.78 is 16.5. The van der Waals surface area contributed by atoms with Gasteiger partial charge >= 0.3 is 5.97 Å². The molecule has 1 aliphatic rings. The van der Waals surface area contributed by atoms with Gasteiger partial charge in [-0.25, -0.2) is 4.79 Å². The zero-order chi connectivity index (χ0) is 20.1. The Hall–Kier alpha value is -3.22. The number of nitrogens with one attached hydrogen (secondary N) is 1. The Morgan fingerprint density at radius 3 is 2.57 bits per heavy atom. The molecule has 7 nitrogen and oxygen atoms in total. The lowest BCUT2D eigenvalue weighted by Gasteiger charge is -2.17. The summed E-state index contributed by atoms with van der Waals surface area (Å²) in [6.07, 6.45) is 0.722. The fraction of sp³-hybridized carbons (Fsp3) is 0.333. The summed E-state index contributed by atoms with van der Waals surface area (Å²) in [5.41, 5.74) is 1.74. The largest absolute Gasteiger partial charge is 0.493 e. The van der Waals surface area contributed by atoms with Crippen LogP contribution in [0.3, 0.4) is 0 Å². The van der Waals surface area contributed by atoms with Crippen molar-refractivity contribution in [2.24, 2.45) is 0 Å². The Morgan fingerprint density at radius 2 is 1.86 bits per heavy atom. The van der Waals surface area contributed by atoms with Crippen molar-refractivity contribution in [3.05, 3.63) is 53.1 Å². The zero-order valence-electron chi connectivity index (χ0n) is 15.9. The standard InChI is InChI=1S/C21H23NO6/c1-3-26-17-8-6-15(12-18(17)27-4-2)20(23)22-19(21(24)25)14-5-7-16-13(11-14)9-10-28-16/h5-8,11-12,19H,3-4,9-10H2,1-2H3,(H,22,23)(H,24,25). The van der Waals surface area contributed by atoms with Crippen LogP contribution in [-0.2, 0) is 11.2 Å². The van der Waals surface area contributed by atoms with Gasteiger partial charge in [0.15, 0.2) is 17.5 Å². The van der Waals surface area contributed by atoms with Gasteiger partial charge in [0.2, 0.25) is 0 Å². The molecule has 0 radical (unpaired) electrons. The van der Waals surface area contributed by atoms with Crippen molar-refractivity contribution in [2.75, 3.05) is 19.8 Å². The number of hydrogen-bond donors (Lipinski definition) is 2. The first-order valence-corrected chi connectivity index (χ1v) is 9.22. The molecule has 1 amide bonds. The second kappa shape index (κ2) is 8.65. The normalized spacial score (nSPS) is 13.2. The molecule has 2 N–H and O–H groups in total. The molecule has 0 saturated heterocycles. The fourth-order valence-electron chi connectivity index (χ4n) is 3.08. The third-order valence-corrected chi connectivity index (χ3v) is 4.37. The summed E-state index contributed by atoms with van der Waals surface area (Å²) in [5.74, 6) is 0.0938. The number of amides is 1. The molecule has 7 heteroatoms. The first-order valence-electron chi connectivity index (χ1n) is 9.22. The number of ether oxygens (including phenoxy) is 3. The van der Waals surface area contributed by atoms with Gasteiger partial charge in [-0.15, -0.1) is 0 Å². The minimum Gasteiger partial charge on any atom is -0.493 e. The number of carboxylic acid groups (broad SMARTS) is 1. The van der Waals surface area contributed by atoms with E-state index >= 15 is 0 Å². The molecule has 1 heterocycles. The summed E-state index contributed by atoms with van der Waals surface area (Å²) in [4.78, 5) is 24.5. The second-order valence-electron chi connectivity index (χ2n) is 6.24. The molecule has 148 valence electrons. The van der Waals surface area contributed by atoms with Crippen LogP contribution in [0.2, 0.25) is 0 Å². The Bertz CT molecular complexity index is 879. The molecule has 0 bridgehead atoms. The van der Waals surface area contributed by atoms with Gasteiger partial charge in [-0.2, -0.15) is 0 Å². The highest BCUT2D eigenvalue weighted by Crippen LogP contribution is 2.30. The highest BCUT2D eigenvalue weighted by Gasteiger charge is 2.25. The smallest absolute Gasteiger partial charge is 0.330 e. The van der Waals surface area contributed by atoms with Crippen molar-refractivity contribution in [3.8, 4) is 17.2 Å². The molecule has 0 aliphatic carbocycles.